The Morgan fingerprint density at radius 1 is 1.38 bits per heavy atom. The summed E-state index contributed by atoms with van der Waals surface area (Å²) in [6.07, 6.45) is 5.36. The summed E-state index contributed by atoms with van der Waals surface area (Å²) in [5, 5.41) is 20.0. The number of phenols is 1. The van der Waals surface area contributed by atoms with E-state index in [-0.39, 0.29) is 6.42 Å². The lowest BCUT2D eigenvalue weighted by molar-refractivity contribution is -0.137. The molecule has 140 valence electrons. The number of carboxylic acid groups (broad SMARTS) is 1. The molecule has 2 aromatic rings. The number of carbonyl (C=O) groups is 1. The lowest BCUT2D eigenvalue weighted by Crippen LogP contribution is -2.49. The third-order valence-corrected chi connectivity index (χ3v) is 6.47. The van der Waals surface area contributed by atoms with Gasteiger partial charge in [-0.3, -0.25) is 9.69 Å². The van der Waals surface area contributed by atoms with Crippen molar-refractivity contribution in [2.45, 2.75) is 51.5 Å². The van der Waals surface area contributed by atoms with Crippen LogP contribution in [-0.4, -0.2) is 45.2 Å². The van der Waals surface area contributed by atoms with Crippen LogP contribution in [0.5, 0.6) is 5.75 Å². The van der Waals surface area contributed by atoms with Gasteiger partial charge in [0.15, 0.2) is 0 Å². The van der Waals surface area contributed by atoms with E-state index in [0.717, 1.165) is 56.1 Å². The maximum atomic E-state index is 11.0. The molecule has 0 amide bonds. The van der Waals surface area contributed by atoms with Gasteiger partial charge < -0.3 is 15.2 Å². The van der Waals surface area contributed by atoms with E-state index in [2.05, 4.69) is 16.8 Å². The molecular weight excluding hydrogens is 328 g/mol. The van der Waals surface area contributed by atoms with E-state index >= 15 is 0 Å². The molecule has 0 radical (unpaired) electrons. The van der Waals surface area contributed by atoms with Crippen molar-refractivity contribution in [2.24, 2.45) is 11.8 Å². The van der Waals surface area contributed by atoms with Crippen LogP contribution >= 0.6 is 0 Å². The third-order valence-electron chi connectivity index (χ3n) is 6.47. The predicted molar refractivity (Wildman–Crippen MR) is 101 cm³/mol. The number of aliphatic carboxylic acids is 1. The average molecular weight is 356 g/mol. The number of hydrogen-bond acceptors (Lipinski definition) is 3. The van der Waals surface area contributed by atoms with Gasteiger partial charge in [-0.25, -0.2) is 0 Å². The van der Waals surface area contributed by atoms with Gasteiger partial charge in [0.25, 0.3) is 0 Å². The molecule has 3 atom stereocenters. The number of carboxylic acids is 1. The van der Waals surface area contributed by atoms with Crippen LogP contribution in [0.1, 0.15) is 43.9 Å². The summed E-state index contributed by atoms with van der Waals surface area (Å²) in [5.41, 5.74) is 3.78. The van der Waals surface area contributed by atoms with E-state index in [1.165, 1.54) is 11.3 Å². The number of nitrogens with zero attached hydrogens (tertiary/aromatic N) is 1. The summed E-state index contributed by atoms with van der Waals surface area (Å²) in [6.45, 7) is 4.29. The smallest absolute Gasteiger partial charge is 0.303 e. The second kappa shape index (κ2) is 6.95. The number of phenolic OH excluding ortho intramolecular Hbond substituents is 1. The summed E-state index contributed by atoms with van der Waals surface area (Å²) >= 11 is 0. The zero-order valence-corrected chi connectivity index (χ0v) is 15.4. The summed E-state index contributed by atoms with van der Waals surface area (Å²) in [6, 6.07) is 6.12. The number of hydrogen-bond donors (Lipinski definition) is 3. The highest BCUT2D eigenvalue weighted by atomic mass is 16.4. The number of rotatable bonds is 4. The number of H-pyrrole nitrogens is 1. The highest BCUT2D eigenvalue weighted by Gasteiger charge is 2.37. The van der Waals surface area contributed by atoms with E-state index < -0.39 is 5.97 Å². The summed E-state index contributed by atoms with van der Waals surface area (Å²) in [7, 11) is 0. The second-order valence-corrected chi connectivity index (χ2v) is 8.03. The van der Waals surface area contributed by atoms with E-state index in [0.29, 0.717) is 23.6 Å². The van der Waals surface area contributed by atoms with E-state index in [9.17, 15) is 9.90 Å². The number of aromatic amines is 1. The van der Waals surface area contributed by atoms with Crippen LogP contribution in [0.3, 0.4) is 0 Å². The standard InChI is InChI=1S/C21H28N2O3/c1-2-14-9-13(3-6-21(25)26)12-23-8-7-16-17-10-15(24)4-5-18(17)22-19(16)11-20(14)23/h4-5,10,13-14,20,22,24H,2-3,6-9,11-12H2,1H3,(H,25,26)/t13-,14+,20?/m1/s1. The predicted octanol–water partition coefficient (Wildman–Crippen LogP) is 3.55. The Bertz CT molecular complexity index is 813. The van der Waals surface area contributed by atoms with Crippen molar-refractivity contribution in [2.75, 3.05) is 13.1 Å². The van der Waals surface area contributed by atoms with Crippen molar-refractivity contribution in [3.8, 4) is 5.75 Å². The van der Waals surface area contributed by atoms with E-state index in [1.807, 2.05) is 12.1 Å². The van der Waals surface area contributed by atoms with Gasteiger partial charge in [-0.1, -0.05) is 13.3 Å². The molecule has 0 spiro atoms. The normalized spacial score (nSPS) is 26.3. The largest absolute Gasteiger partial charge is 0.508 e. The van der Waals surface area contributed by atoms with Crippen LogP contribution in [0.25, 0.3) is 10.9 Å². The number of aromatic hydroxyl groups is 1. The lowest BCUT2D eigenvalue weighted by Gasteiger charge is -2.44. The molecule has 2 aliphatic heterocycles. The van der Waals surface area contributed by atoms with Crippen molar-refractivity contribution >= 4 is 16.9 Å². The fourth-order valence-corrected chi connectivity index (χ4v) is 5.17. The van der Waals surface area contributed by atoms with Crippen LogP contribution < -0.4 is 0 Å². The Morgan fingerprint density at radius 2 is 2.23 bits per heavy atom. The molecule has 1 saturated heterocycles. The molecule has 1 fully saturated rings. The second-order valence-electron chi connectivity index (χ2n) is 8.03. The third kappa shape index (κ3) is 3.20. The summed E-state index contributed by atoms with van der Waals surface area (Å²) < 4.78 is 0. The highest BCUT2D eigenvalue weighted by Crippen LogP contribution is 2.38. The van der Waals surface area contributed by atoms with Crippen molar-refractivity contribution in [3.05, 3.63) is 29.5 Å². The number of nitrogens with one attached hydrogen (secondary N) is 1. The van der Waals surface area contributed by atoms with Crippen LogP contribution in [0.2, 0.25) is 0 Å². The molecule has 1 unspecified atom stereocenters. The molecule has 5 nitrogen and oxygen atoms in total. The minimum atomic E-state index is -0.683. The van der Waals surface area contributed by atoms with Crippen LogP contribution in [0.15, 0.2) is 18.2 Å². The Kier molecular flexibility index (Phi) is 4.65. The maximum Gasteiger partial charge on any atom is 0.303 e. The maximum absolute atomic E-state index is 11.0. The van der Waals surface area contributed by atoms with Crippen molar-refractivity contribution in [1.29, 1.82) is 0 Å². The minimum absolute atomic E-state index is 0.280. The van der Waals surface area contributed by atoms with Gasteiger partial charge in [-0.05, 0) is 54.9 Å². The first-order chi connectivity index (χ1) is 12.5. The first-order valence-electron chi connectivity index (χ1n) is 9.83. The molecule has 0 bridgehead atoms. The van der Waals surface area contributed by atoms with Gasteiger partial charge in [0, 0.05) is 48.6 Å². The fraction of sp³-hybridized carbons (Fsp3) is 0.571. The molecule has 1 aromatic carbocycles. The Balaban J connectivity index is 1.59. The van der Waals surface area contributed by atoms with Gasteiger partial charge in [-0.15, -0.1) is 0 Å². The zero-order valence-electron chi connectivity index (χ0n) is 15.4. The molecule has 0 aliphatic carbocycles. The van der Waals surface area contributed by atoms with Crippen molar-refractivity contribution in [3.63, 3.8) is 0 Å². The van der Waals surface area contributed by atoms with Crippen molar-refractivity contribution < 1.29 is 15.0 Å². The lowest BCUT2D eigenvalue weighted by atomic mass is 9.78. The number of fused-ring (bicyclic) bond motifs is 4. The number of piperidine rings is 1. The molecule has 1 aromatic heterocycles. The number of benzene rings is 1. The SMILES string of the molecule is CC[C@H]1C[C@@H](CCC(=O)O)CN2CCc3c([nH]c4ccc(O)cc34)CC12. The van der Waals surface area contributed by atoms with Gasteiger partial charge >= 0.3 is 5.97 Å². The molecule has 3 N–H and O–H groups in total. The minimum Gasteiger partial charge on any atom is -0.508 e. The topological polar surface area (TPSA) is 76.6 Å². The molecule has 5 heteroatoms. The van der Waals surface area contributed by atoms with Gasteiger partial charge in [0.2, 0.25) is 0 Å². The fourth-order valence-electron chi connectivity index (χ4n) is 5.17. The molecule has 26 heavy (non-hydrogen) atoms. The molecule has 3 heterocycles. The first-order valence-corrected chi connectivity index (χ1v) is 9.83. The van der Waals surface area contributed by atoms with Crippen molar-refractivity contribution in [1.82, 2.24) is 9.88 Å². The molecule has 0 saturated carbocycles. The van der Waals surface area contributed by atoms with Crippen LogP contribution in [0, 0.1) is 11.8 Å². The Labute approximate surface area is 154 Å². The van der Waals surface area contributed by atoms with Gasteiger partial charge in [-0.2, -0.15) is 0 Å². The summed E-state index contributed by atoms with van der Waals surface area (Å²) in [5.74, 6) is 0.747. The summed E-state index contributed by atoms with van der Waals surface area (Å²) in [4.78, 5) is 17.2. The first kappa shape index (κ1) is 17.4. The number of aromatic nitrogens is 1. The van der Waals surface area contributed by atoms with Gasteiger partial charge in [0.05, 0.1) is 0 Å². The average Bonchev–Trinajstić information content (AvgIpc) is 2.84. The van der Waals surface area contributed by atoms with Crippen LogP contribution in [-0.2, 0) is 17.6 Å². The Morgan fingerprint density at radius 3 is 3.00 bits per heavy atom. The monoisotopic (exact) mass is 356 g/mol. The zero-order chi connectivity index (χ0) is 18.3. The Hall–Kier alpha value is -2.01. The van der Waals surface area contributed by atoms with Gasteiger partial charge in [0.1, 0.15) is 5.75 Å². The van der Waals surface area contributed by atoms with E-state index in [1.54, 1.807) is 6.07 Å². The molecule has 4 rings (SSSR count). The van der Waals surface area contributed by atoms with Crippen LogP contribution in [0.4, 0.5) is 0 Å². The highest BCUT2D eigenvalue weighted by molar-refractivity contribution is 5.86. The van der Waals surface area contributed by atoms with E-state index in [4.69, 9.17) is 5.11 Å². The molecule has 2 aliphatic rings. The quantitative estimate of drug-likeness (QED) is 0.783. The molecular formula is C21H28N2O3.